The standard InChI is InChI=1S/C35H31N3O5S/c1-23-18-20-27(21-19-23)44(40,41)37-22-35(34(39)42-3)31(28-16-10-11-17-29(28)37)30-24(2)36-38(26-14-8-5-9-15-26)33(30)43-32(35)25-12-6-4-7-13-25/h4-21,31-32H,22H2,1-3H3/t31-,32-,35+/m0/s1. The highest BCUT2D eigenvalue weighted by atomic mass is 32.2. The first-order chi connectivity index (χ1) is 21.3. The molecule has 0 spiro atoms. The van der Waals surface area contributed by atoms with Gasteiger partial charge in [0.05, 0.1) is 35.6 Å². The molecule has 3 heterocycles. The van der Waals surface area contributed by atoms with E-state index >= 15 is 0 Å². The van der Waals surface area contributed by atoms with Gasteiger partial charge in [0.15, 0.2) is 0 Å². The number of fused-ring (bicyclic) bond motifs is 5. The predicted octanol–water partition coefficient (Wildman–Crippen LogP) is 6.12. The van der Waals surface area contributed by atoms with Crippen molar-refractivity contribution in [1.82, 2.24) is 9.78 Å². The molecule has 0 saturated carbocycles. The van der Waals surface area contributed by atoms with Gasteiger partial charge in [-0.3, -0.25) is 9.10 Å². The van der Waals surface area contributed by atoms with Crippen molar-refractivity contribution in [1.29, 1.82) is 0 Å². The van der Waals surface area contributed by atoms with E-state index in [2.05, 4.69) is 0 Å². The second kappa shape index (κ2) is 10.4. The van der Waals surface area contributed by atoms with Gasteiger partial charge in [-0.15, -0.1) is 0 Å². The van der Waals surface area contributed by atoms with Gasteiger partial charge in [-0.2, -0.15) is 5.10 Å². The van der Waals surface area contributed by atoms with Crippen LogP contribution < -0.4 is 9.04 Å². The number of anilines is 1. The minimum Gasteiger partial charge on any atom is -0.468 e. The maximum absolute atomic E-state index is 14.5. The zero-order chi connectivity index (χ0) is 30.6. The molecule has 0 fully saturated rings. The SMILES string of the molecule is COC(=O)[C@]12CN(S(=O)(=O)c3ccc(C)cc3)c3ccccc3[C@H]1c1c(C)nn(-c3ccccc3)c1O[C@H]2c1ccccc1. The third kappa shape index (κ3) is 4.06. The number of benzene rings is 4. The molecule has 9 heteroatoms. The van der Waals surface area contributed by atoms with Crippen LogP contribution in [0.5, 0.6) is 5.88 Å². The molecule has 0 amide bonds. The summed E-state index contributed by atoms with van der Waals surface area (Å²) in [4.78, 5) is 14.6. The number of rotatable bonds is 5. The van der Waals surface area contributed by atoms with Gasteiger partial charge in [0.1, 0.15) is 11.5 Å². The molecule has 44 heavy (non-hydrogen) atoms. The predicted molar refractivity (Wildman–Crippen MR) is 167 cm³/mol. The van der Waals surface area contributed by atoms with Crippen molar-refractivity contribution in [2.24, 2.45) is 5.41 Å². The Labute approximate surface area is 256 Å². The van der Waals surface area contributed by atoms with Gasteiger partial charge in [0.25, 0.3) is 10.0 Å². The number of para-hydroxylation sites is 2. The number of aryl methyl sites for hydroxylation is 2. The van der Waals surface area contributed by atoms with E-state index in [9.17, 15) is 13.2 Å². The molecule has 8 nitrogen and oxygen atoms in total. The van der Waals surface area contributed by atoms with Crippen molar-refractivity contribution >= 4 is 21.7 Å². The van der Waals surface area contributed by atoms with Gasteiger partial charge < -0.3 is 9.47 Å². The second-order valence-electron chi connectivity index (χ2n) is 11.3. The molecule has 0 unspecified atom stereocenters. The van der Waals surface area contributed by atoms with Crippen LogP contribution in [0.3, 0.4) is 0 Å². The summed E-state index contributed by atoms with van der Waals surface area (Å²) in [6.07, 6.45) is -0.906. The Bertz CT molecular complexity index is 1970. The molecular weight excluding hydrogens is 574 g/mol. The first-order valence-corrected chi connectivity index (χ1v) is 15.8. The number of methoxy groups -OCH3 is 1. The van der Waals surface area contributed by atoms with Crippen LogP contribution in [0.15, 0.2) is 114 Å². The summed E-state index contributed by atoms with van der Waals surface area (Å²) in [6, 6.07) is 33.2. The van der Waals surface area contributed by atoms with Crippen molar-refractivity contribution in [3.05, 3.63) is 137 Å². The summed E-state index contributed by atoms with van der Waals surface area (Å²) in [5, 5.41) is 4.90. The van der Waals surface area contributed by atoms with Gasteiger partial charge in [-0.25, -0.2) is 13.1 Å². The lowest BCUT2D eigenvalue weighted by Crippen LogP contribution is -2.59. The Morgan fingerprint density at radius 2 is 1.52 bits per heavy atom. The Morgan fingerprint density at radius 3 is 2.20 bits per heavy atom. The lowest BCUT2D eigenvalue weighted by atomic mass is 9.60. The normalized spacial score (nSPS) is 20.6. The molecule has 0 radical (unpaired) electrons. The fraction of sp³-hybridized carbons (Fsp3) is 0.200. The van der Waals surface area contributed by atoms with E-state index in [-0.39, 0.29) is 11.4 Å². The summed E-state index contributed by atoms with van der Waals surface area (Å²) in [5.74, 6) is -0.675. The summed E-state index contributed by atoms with van der Waals surface area (Å²) < 4.78 is 44.5. The van der Waals surface area contributed by atoms with Crippen LogP contribution >= 0.6 is 0 Å². The minimum absolute atomic E-state index is 0.137. The molecule has 0 bridgehead atoms. The van der Waals surface area contributed by atoms with Crippen LogP contribution in [0.2, 0.25) is 0 Å². The Hall–Kier alpha value is -4.89. The van der Waals surface area contributed by atoms with E-state index in [1.807, 2.05) is 92.7 Å². The van der Waals surface area contributed by atoms with E-state index in [4.69, 9.17) is 14.6 Å². The number of aromatic nitrogens is 2. The van der Waals surface area contributed by atoms with Crippen molar-refractivity contribution < 1.29 is 22.7 Å². The molecule has 0 N–H and O–H groups in total. The molecule has 4 aromatic carbocycles. The van der Waals surface area contributed by atoms with Crippen LogP contribution in [0.25, 0.3) is 5.69 Å². The van der Waals surface area contributed by atoms with E-state index < -0.39 is 33.4 Å². The summed E-state index contributed by atoms with van der Waals surface area (Å²) in [6.45, 7) is 3.60. The first-order valence-electron chi connectivity index (χ1n) is 14.4. The smallest absolute Gasteiger partial charge is 0.318 e. The third-order valence-corrected chi connectivity index (χ3v) is 10.5. The Morgan fingerprint density at radius 1 is 0.886 bits per heavy atom. The van der Waals surface area contributed by atoms with Crippen molar-refractivity contribution in [3.8, 4) is 11.6 Å². The molecule has 1 aromatic heterocycles. The monoisotopic (exact) mass is 605 g/mol. The highest BCUT2D eigenvalue weighted by Crippen LogP contribution is 2.62. The fourth-order valence-electron chi connectivity index (χ4n) is 6.75. The number of sulfonamides is 1. The third-order valence-electron chi connectivity index (χ3n) is 8.76. The topological polar surface area (TPSA) is 90.7 Å². The summed E-state index contributed by atoms with van der Waals surface area (Å²) >= 11 is 0. The average Bonchev–Trinajstić information content (AvgIpc) is 3.39. The van der Waals surface area contributed by atoms with Crippen LogP contribution in [-0.4, -0.2) is 37.8 Å². The van der Waals surface area contributed by atoms with Crippen LogP contribution in [0.4, 0.5) is 5.69 Å². The molecule has 2 aliphatic rings. The first kappa shape index (κ1) is 27.9. The maximum atomic E-state index is 14.5. The molecule has 0 saturated heterocycles. The number of hydrogen-bond acceptors (Lipinski definition) is 6. The van der Waals surface area contributed by atoms with Crippen LogP contribution in [-0.2, 0) is 19.6 Å². The zero-order valence-electron chi connectivity index (χ0n) is 24.5. The maximum Gasteiger partial charge on any atom is 0.318 e. The fourth-order valence-corrected chi connectivity index (χ4v) is 8.29. The lowest BCUT2D eigenvalue weighted by molar-refractivity contribution is -0.162. The molecule has 3 atom stereocenters. The average molecular weight is 606 g/mol. The largest absolute Gasteiger partial charge is 0.468 e. The molecule has 2 aliphatic heterocycles. The highest BCUT2D eigenvalue weighted by molar-refractivity contribution is 7.92. The van der Waals surface area contributed by atoms with Crippen LogP contribution in [0, 0.1) is 19.3 Å². The summed E-state index contributed by atoms with van der Waals surface area (Å²) in [7, 11) is -2.77. The Balaban J connectivity index is 1.55. The minimum atomic E-state index is -4.10. The zero-order valence-corrected chi connectivity index (χ0v) is 25.4. The van der Waals surface area contributed by atoms with Gasteiger partial charge in [-0.1, -0.05) is 84.4 Å². The quantitative estimate of drug-likeness (QED) is 0.224. The molecule has 7 rings (SSSR count). The lowest BCUT2D eigenvalue weighted by Gasteiger charge is -2.52. The van der Waals surface area contributed by atoms with Gasteiger partial charge >= 0.3 is 5.97 Å². The van der Waals surface area contributed by atoms with Gasteiger partial charge in [-0.05, 0) is 55.3 Å². The van der Waals surface area contributed by atoms with Crippen LogP contribution in [0.1, 0.15) is 40.0 Å². The number of carbonyl (C=O) groups is 1. The summed E-state index contributed by atoms with van der Waals surface area (Å²) in [5.41, 5.74) is 3.57. The van der Waals surface area contributed by atoms with E-state index in [0.717, 1.165) is 22.4 Å². The van der Waals surface area contributed by atoms with Crippen molar-refractivity contribution in [3.63, 3.8) is 0 Å². The van der Waals surface area contributed by atoms with Gasteiger partial charge in [0, 0.05) is 11.5 Å². The molecule has 0 aliphatic carbocycles. The van der Waals surface area contributed by atoms with E-state index in [0.29, 0.717) is 22.8 Å². The van der Waals surface area contributed by atoms with Crippen molar-refractivity contribution in [2.45, 2.75) is 30.8 Å². The van der Waals surface area contributed by atoms with Crippen molar-refractivity contribution in [2.75, 3.05) is 18.0 Å². The number of nitrogens with zero attached hydrogens (tertiary/aromatic N) is 3. The second-order valence-corrected chi connectivity index (χ2v) is 13.2. The molecule has 5 aromatic rings. The Kier molecular flexibility index (Phi) is 6.58. The van der Waals surface area contributed by atoms with E-state index in [1.165, 1.54) is 11.4 Å². The molecule has 222 valence electrons. The highest BCUT2D eigenvalue weighted by Gasteiger charge is 2.64. The number of ether oxygens (including phenoxy) is 2. The number of esters is 1. The van der Waals surface area contributed by atoms with E-state index in [1.54, 1.807) is 35.0 Å². The number of hydrogen-bond donors (Lipinski definition) is 0. The van der Waals surface area contributed by atoms with Gasteiger partial charge in [0.2, 0.25) is 5.88 Å². The number of carbonyl (C=O) groups excluding carboxylic acids is 1. The molecular formula is C35H31N3O5S.